The first-order chi connectivity index (χ1) is 9.46. The Morgan fingerprint density at radius 1 is 1.25 bits per heavy atom. The summed E-state index contributed by atoms with van der Waals surface area (Å²) in [6.45, 7) is 4.40. The molecule has 5 nitrogen and oxygen atoms in total. The monoisotopic (exact) mass is 293 g/mol. The van der Waals surface area contributed by atoms with Crippen LogP contribution < -0.4 is 10.0 Å². The molecule has 2 aromatic rings. The lowest BCUT2D eigenvalue weighted by atomic mass is 10.2. The lowest BCUT2D eigenvalue weighted by Gasteiger charge is -2.11. The largest absolute Gasteiger partial charge is 0.313 e. The van der Waals surface area contributed by atoms with E-state index in [0.29, 0.717) is 12.2 Å². The molecule has 108 valence electrons. The molecule has 2 N–H and O–H groups in total. The molecule has 0 spiro atoms. The molecule has 0 saturated heterocycles. The third-order valence-corrected chi connectivity index (χ3v) is 4.09. The molecule has 1 heterocycles. The van der Waals surface area contributed by atoms with E-state index in [4.69, 9.17) is 0 Å². The molecule has 0 saturated carbocycles. The molecule has 1 aromatic carbocycles. The summed E-state index contributed by atoms with van der Waals surface area (Å²) in [5.74, 6) is 0.0518. The number of sulfonamides is 1. The van der Waals surface area contributed by atoms with Crippen molar-refractivity contribution in [2.45, 2.75) is 19.9 Å². The van der Waals surface area contributed by atoms with Crippen molar-refractivity contribution in [2.75, 3.05) is 17.0 Å². The van der Waals surface area contributed by atoms with Gasteiger partial charge in [-0.15, -0.1) is 0 Å². The maximum absolute atomic E-state index is 12.0. The van der Waals surface area contributed by atoms with E-state index in [1.807, 2.05) is 26.0 Å². The SMILES string of the molecule is CC(C)NCCS(=O)(=O)Nc1ccc2ncccc2c1. The molecular formula is C14H19N3O2S. The van der Waals surface area contributed by atoms with Crippen molar-refractivity contribution < 1.29 is 8.42 Å². The number of hydrogen-bond acceptors (Lipinski definition) is 4. The predicted molar refractivity (Wildman–Crippen MR) is 82.3 cm³/mol. The van der Waals surface area contributed by atoms with E-state index in [9.17, 15) is 8.42 Å². The van der Waals surface area contributed by atoms with Gasteiger partial charge in [-0.05, 0) is 24.3 Å². The number of pyridine rings is 1. The van der Waals surface area contributed by atoms with Crippen LogP contribution in [0.3, 0.4) is 0 Å². The van der Waals surface area contributed by atoms with Gasteiger partial charge in [0.1, 0.15) is 0 Å². The predicted octanol–water partition coefficient (Wildman–Crippen LogP) is 1.97. The van der Waals surface area contributed by atoms with Crippen molar-refractivity contribution in [1.29, 1.82) is 0 Å². The van der Waals surface area contributed by atoms with Crippen molar-refractivity contribution >= 4 is 26.6 Å². The standard InChI is InChI=1S/C14H19N3O2S/c1-11(2)15-8-9-20(18,19)17-13-5-6-14-12(10-13)4-3-7-16-14/h3-7,10-11,15,17H,8-9H2,1-2H3. The summed E-state index contributed by atoms with van der Waals surface area (Å²) in [5.41, 5.74) is 1.41. The van der Waals surface area contributed by atoms with Gasteiger partial charge in [0.15, 0.2) is 0 Å². The molecular weight excluding hydrogens is 274 g/mol. The summed E-state index contributed by atoms with van der Waals surface area (Å²) in [4.78, 5) is 4.20. The van der Waals surface area contributed by atoms with E-state index in [1.54, 1.807) is 24.4 Å². The number of aromatic nitrogens is 1. The van der Waals surface area contributed by atoms with E-state index in [1.165, 1.54) is 0 Å². The number of fused-ring (bicyclic) bond motifs is 1. The highest BCUT2D eigenvalue weighted by atomic mass is 32.2. The Bertz CT molecular complexity index is 684. The first-order valence-corrected chi connectivity index (χ1v) is 8.20. The molecule has 0 atom stereocenters. The van der Waals surface area contributed by atoms with E-state index < -0.39 is 10.0 Å². The first-order valence-electron chi connectivity index (χ1n) is 6.55. The number of anilines is 1. The summed E-state index contributed by atoms with van der Waals surface area (Å²) >= 11 is 0. The zero-order valence-electron chi connectivity index (χ0n) is 11.6. The van der Waals surface area contributed by atoms with E-state index in [0.717, 1.165) is 10.9 Å². The topological polar surface area (TPSA) is 71.1 Å². The van der Waals surface area contributed by atoms with E-state index in [-0.39, 0.29) is 11.8 Å². The van der Waals surface area contributed by atoms with Gasteiger partial charge in [-0.25, -0.2) is 8.42 Å². The highest BCUT2D eigenvalue weighted by Gasteiger charge is 2.10. The van der Waals surface area contributed by atoms with Crippen LogP contribution in [0.25, 0.3) is 10.9 Å². The Kier molecular flexibility index (Phi) is 4.57. The van der Waals surface area contributed by atoms with Crippen molar-refractivity contribution in [3.05, 3.63) is 36.5 Å². The Morgan fingerprint density at radius 2 is 2.05 bits per heavy atom. The highest BCUT2D eigenvalue weighted by Crippen LogP contribution is 2.17. The molecule has 20 heavy (non-hydrogen) atoms. The number of benzene rings is 1. The van der Waals surface area contributed by atoms with Crippen LogP contribution in [0.5, 0.6) is 0 Å². The van der Waals surface area contributed by atoms with Crippen LogP contribution in [0.2, 0.25) is 0 Å². The van der Waals surface area contributed by atoms with Gasteiger partial charge in [-0.2, -0.15) is 0 Å². The minimum atomic E-state index is -3.33. The second-order valence-corrected chi connectivity index (χ2v) is 6.78. The molecule has 0 aliphatic heterocycles. The Hall–Kier alpha value is -1.66. The number of hydrogen-bond donors (Lipinski definition) is 2. The molecule has 0 radical (unpaired) electrons. The molecule has 0 fully saturated rings. The molecule has 0 amide bonds. The number of nitrogens with zero attached hydrogens (tertiary/aromatic N) is 1. The van der Waals surface area contributed by atoms with Crippen LogP contribution in [0.4, 0.5) is 5.69 Å². The summed E-state index contributed by atoms with van der Waals surface area (Å²) in [6, 6.07) is 9.32. The maximum Gasteiger partial charge on any atom is 0.233 e. The fraction of sp³-hybridized carbons (Fsp3) is 0.357. The normalized spacial score (nSPS) is 11.9. The van der Waals surface area contributed by atoms with Crippen LogP contribution in [0, 0.1) is 0 Å². The third kappa shape index (κ3) is 4.18. The van der Waals surface area contributed by atoms with E-state index in [2.05, 4.69) is 15.0 Å². The smallest absolute Gasteiger partial charge is 0.233 e. The molecule has 0 bridgehead atoms. The van der Waals surface area contributed by atoms with Gasteiger partial charge in [0.05, 0.1) is 11.3 Å². The minimum Gasteiger partial charge on any atom is -0.313 e. The van der Waals surface area contributed by atoms with Crippen LogP contribution >= 0.6 is 0 Å². The zero-order valence-corrected chi connectivity index (χ0v) is 12.4. The maximum atomic E-state index is 12.0. The lowest BCUT2D eigenvalue weighted by Crippen LogP contribution is -2.30. The fourth-order valence-electron chi connectivity index (χ4n) is 1.85. The molecule has 2 rings (SSSR count). The molecule has 0 unspecified atom stereocenters. The number of rotatable bonds is 6. The number of nitrogens with one attached hydrogen (secondary N) is 2. The minimum absolute atomic E-state index is 0.0518. The van der Waals surface area contributed by atoms with Crippen molar-refractivity contribution in [3.8, 4) is 0 Å². The lowest BCUT2D eigenvalue weighted by molar-refractivity contribution is 0.582. The molecule has 6 heteroatoms. The van der Waals surface area contributed by atoms with Gasteiger partial charge in [0, 0.05) is 29.9 Å². The van der Waals surface area contributed by atoms with Crippen molar-refractivity contribution in [1.82, 2.24) is 10.3 Å². The Morgan fingerprint density at radius 3 is 2.80 bits per heavy atom. The summed E-state index contributed by atoms with van der Waals surface area (Å²) in [6.07, 6.45) is 1.71. The quantitative estimate of drug-likeness (QED) is 0.854. The van der Waals surface area contributed by atoms with Crippen LogP contribution in [0.1, 0.15) is 13.8 Å². The molecule has 1 aromatic heterocycles. The average molecular weight is 293 g/mol. The Balaban J connectivity index is 2.07. The van der Waals surface area contributed by atoms with E-state index >= 15 is 0 Å². The fourth-order valence-corrected chi connectivity index (χ4v) is 2.83. The zero-order chi connectivity index (χ0) is 14.6. The second-order valence-electron chi connectivity index (χ2n) is 4.94. The highest BCUT2D eigenvalue weighted by molar-refractivity contribution is 7.92. The van der Waals surface area contributed by atoms with Crippen molar-refractivity contribution in [2.24, 2.45) is 0 Å². The van der Waals surface area contributed by atoms with Gasteiger partial charge in [0.25, 0.3) is 0 Å². The molecule has 0 aliphatic rings. The van der Waals surface area contributed by atoms with Crippen LogP contribution in [-0.2, 0) is 10.0 Å². The van der Waals surface area contributed by atoms with Crippen LogP contribution in [-0.4, -0.2) is 31.7 Å². The molecule has 0 aliphatic carbocycles. The summed E-state index contributed by atoms with van der Waals surface area (Å²) < 4.78 is 26.5. The Labute approximate surface area is 119 Å². The summed E-state index contributed by atoms with van der Waals surface area (Å²) in [7, 11) is -3.33. The van der Waals surface area contributed by atoms with Gasteiger partial charge in [-0.3, -0.25) is 9.71 Å². The van der Waals surface area contributed by atoms with Gasteiger partial charge in [0.2, 0.25) is 10.0 Å². The summed E-state index contributed by atoms with van der Waals surface area (Å²) in [5, 5.41) is 4.00. The second kappa shape index (κ2) is 6.19. The van der Waals surface area contributed by atoms with Crippen molar-refractivity contribution in [3.63, 3.8) is 0 Å². The van der Waals surface area contributed by atoms with Gasteiger partial charge >= 0.3 is 0 Å². The average Bonchev–Trinajstić information content (AvgIpc) is 2.37. The first kappa shape index (κ1) is 14.7. The van der Waals surface area contributed by atoms with Crippen LogP contribution in [0.15, 0.2) is 36.5 Å². The van der Waals surface area contributed by atoms with Gasteiger partial charge < -0.3 is 5.32 Å². The third-order valence-electron chi connectivity index (χ3n) is 2.80. The van der Waals surface area contributed by atoms with Gasteiger partial charge in [-0.1, -0.05) is 19.9 Å².